The van der Waals surface area contributed by atoms with Gasteiger partial charge in [0.25, 0.3) is 0 Å². The van der Waals surface area contributed by atoms with E-state index in [9.17, 15) is 26.4 Å². The molecule has 1 heterocycles. The summed E-state index contributed by atoms with van der Waals surface area (Å²) < 4.78 is 78.2. The van der Waals surface area contributed by atoms with E-state index in [0.717, 1.165) is 0 Å². The first-order valence-corrected chi connectivity index (χ1v) is 16.6. The van der Waals surface area contributed by atoms with E-state index < -0.39 is 41.4 Å². The number of hydrogen-bond acceptors (Lipinski definition) is 6. The Labute approximate surface area is 219 Å². The highest BCUT2D eigenvalue weighted by Crippen LogP contribution is 2.42. The lowest BCUT2D eigenvalue weighted by molar-refractivity contribution is -0.0500. The Morgan fingerprint density at radius 2 is 1.70 bits per heavy atom. The number of alkyl halides is 3. The van der Waals surface area contributed by atoms with E-state index in [1.165, 1.54) is 18.2 Å². The zero-order chi connectivity index (χ0) is 28.6. The molecule has 37 heavy (non-hydrogen) atoms. The summed E-state index contributed by atoms with van der Waals surface area (Å²) in [6.07, 6.45) is 0.0500. The summed E-state index contributed by atoms with van der Waals surface area (Å²) in [6.45, 7) is 18.6. The molecule has 0 saturated carbocycles. The van der Waals surface area contributed by atoms with Crippen LogP contribution in [0.15, 0.2) is 24.3 Å². The largest absolute Gasteiger partial charge is 0.534 e. The maximum absolute atomic E-state index is 13.0. The van der Waals surface area contributed by atoms with Gasteiger partial charge in [-0.05, 0) is 75.9 Å². The van der Waals surface area contributed by atoms with Gasteiger partial charge in [0.1, 0.15) is 11.4 Å². The highest BCUT2D eigenvalue weighted by Gasteiger charge is 2.49. The van der Waals surface area contributed by atoms with Crippen LogP contribution in [0.4, 0.5) is 18.0 Å². The summed E-state index contributed by atoms with van der Waals surface area (Å²) in [7, 11) is -7.96. The minimum Gasteiger partial charge on any atom is -0.444 e. The van der Waals surface area contributed by atoms with Crippen LogP contribution in [0.5, 0.6) is 5.75 Å². The van der Waals surface area contributed by atoms with Crippen molar-refractivity contribution in [1.29, 1.82) is 0 Å². The molecule has 7 nitrogen and oxygen atoms in total. The Balaban J connectivity index is 2.41. The molecule has 0 N–H and O–H groups in total. The fraction of sp³-hybridized carbons (Fsp3) is 0.720. The average Bonchev–Trinajstić information content (AvgIpc) is 2.69. The number of hydrogen-bond donors (Lipinski definition) is 0. The molecule has 0 radical (unpaired) electrons. The van der Waals surface area contributed by atoms with E-state index in [0.29, 0.717) is 25.1 Å². The second-order valence-corrected chi connectivity index (χ2v) is 18.4. The maximum Gasteiger partial charge on any atom is 0.534 e. The van der Waals surface area contributed by atoms with Crippen molar-refractivity contribution in [3.05, 3.63) is 29.8 Å². The molecule has 0 aromatic heterocycles. The molecule has 1 saturated heterocycles. The Bertz CT molecular complexity index is 1060. The Morgan fingerprint density at radius 1 is 1.11 bits per heavy atom. The average molecular weight is 568 g/mol. The third-order valence-corrected chi connectivity index (χ3v) is 12.6. The molecule has 3 unspecified atom stereocenters. The van der Waals surface area contributed by atoms with Gasteiger partial charge in [0.2, 0.25) is 0 Å². The van der Waals surface area contributed by atoms with Gasteiger partial charge in [0.15, 0.2) is 8.32 Å². The van der Waals surface area contributed by atoms with Gasteiger partial charge >= 0.3 is 21.7 Å². The maximum atomic E-state index is 13.0. The molecule has 12 heteroatoms. The molecule has 1 aromatic rings. The molecule has 3 atom stereocenters. The van der Waals surface area contributed by atoms with Crippen LogP contribution < -0.4 is 4.18 Å². The summed E-state index contributed by atoms with van der Waals surface area (Å²) in [5.74, 6) is -0.846. The molecule has 0 aliphatic carbocycles. The number of likely N-dealkylation sites (tertiary alicyclic amines) is 1. The predicted molar refractivity (Wildman–Crippen MR) is 138 cm³/mol. The minimum absolute atomic E-state index is 0.0506. The van der Waals surface area contributed by atoms with Crippen molar-refractivity contribution in [2.45, 2.75) is 96.1 Å². The Kier molecular flexibility index (Phi) is 9.14. The quantitative estimate of drug-likeness (QED) is 0.217. The molecule has 0 bridgehead atoms. The van der Waals surface area contributed by atoms with E-state index >= 15 is 0 Å². The van der Waals surface area contributed by atoms with Crippen LogP contribution in [0.2, 0.25) is 18.1 Å². The topological polar surface area (TPSA) is 82.1 Å². The van der Waals surface area contributed by atoms with Crippen LogP contribution in [0.25, 0.3) is 0 Å². The fourth-order valence-corrected chi connectivity index (χ4v) is 5.50. The monoisotopic (exact) mass is 567 g/mol. The number of halogens is 3. The number of benzene rings is 1. The molecule has 1 fully saturated rings. The second kappa shape index (κ2) is 10.8. The van der Waals surface area contributed by atoms with Gasteiger partial charge in [0.05, 0.1) is 0 Å². The van der Waals surface area contributed by atoms with Crippen LogP contribution in [0, 0.1) is 5.92 Å². The zero-order valence-corrected chi connectivity index (χ0v) is 24.9. The molecule has 1 aromatic carbocycles. The SMILES string of the molecule is CC1C(CO[Si](C)(C)C(C)(C)C)C(c2cccc(OS(=O)(=O)C(F)(F)F)c2)CCN1C(=O)OC(C)(C)C. The van der Waals surface area contributed by atoms with Gasteiger partial charge in [-0.3, -0.25) is 0 Å². The molecule has 0 spiro atoms. The summed E-state index contributed by atoms with van der Waals surface area (Å²) in [5.41, 5.74) is -5.58. The second-order valence-electron chi connectivity index (χ2n) is 12.1. The molecule has 1 amide bonds. The number of amides is 1. The van der Waals surface area contributed by atoms with Crippen molar-refractivity contribution in [2.24, 2.45) is 5.92 Å². The van der Waals surface area contributed by atoms with Gasteiger partial charge in [-0.15, -0.1) is 0 Å². The van der Waals surface area contributed by atoms with Crippen LogP contribution in [0.3, 0.4) is 0 Å². The van der Waals surface area contributed by atoms with Crippen molar-refractivity contribution in [1.82, 2.24) is 4.90 Å². The Morgan fingerprint density at radius 3 is 2.22 bits per heavy atom. The lowest BCUT2D eigenvalue weighted by Crippen LogP contribution is -2.53. The van der Waals surface area contributed by atoms with E-state index in [1.807, 2.05) is 6.92 Å². The van der Waals surface area contributed by atoms with Gasteiger partial charge in [-0.2, -0.15) is 21.6 Å². The van der Waals surface area contributed by atoms with Crippen LogP contribution in [0.1, 0.15) is 66.4 Å². The number of nitrogens with zero attached hydrogens (tertiary/aromatic N) is 1. The third kappa shape index (κ3) is 7.86. The van der Waals surface area contributed by atoms with Crippen LogP contribution in [-0.4, -0.2) is 58.0 Å². The Hall–Kier alpha value is -1.79. The van der Waals surface area contributed by atoms with Crippen molar-refractivity contribution in [3.63, 3.8) is 0 Å². The fourth-order valence-electron chi connectivity index (χ4n) is 4.00. The van der Waals surface area contributed by atoms with E-state index in [-0.39, 0.29) is 22.9 Å². The van der Waals surface area contributed by atoms with Crippen molar-refractivity contribution >= 4 is 24.5 Å². The molecule has 2 rings (SSSR count). The molecule has 1 aliphatic heterocycles. The first-order chi connectivity index (χ1) is 16.6. The minimum atomic E-state index is -5.79. The number of carbonyl (C=O) groups is 1. The number of rotatable bonds is 6. The molecule has 1 aliphatic rings. The number of ether oxygens (including phenoxy) is 1. The van der Waals surface area contributed by atoms with Gasteiger partial charge in [-0.25, -0.2) is 4.79 Å². The predicted octanol–water partition coefficient (Wildman–Crippen LogP) is 6.67. The lowest BCUT2D eigenvalue weighted by Gasteiger charge is -2.46. The highest BCUT2D eigenvalue weighted by atomic mass is 32.2. The van der Waals surface area contributed by atoms with Crippen LogP contribution in [-0.2, 0) is 19.3 Å². The summed E-state index contributed by atoms with van der Waals surface area (Å²) in [4.78, 5) is 14.6. The standard InChI is InChI=1S/C25H40F3NO6SSi/c1-17-21(16-33-37(8,9)24(5,6)7)20(13-14-29(17)22(30)34-23(2,3)4)18-11-10-12-19(15-18)35-36(31,32)25(26,27)28/h10-12,15,17,20-21H,13-14,16H2,1-9H3. The van der Waals surface area contributed by atoms with Crippen molar-refractivity contribution < 1.29 is 39.7 Å². The third-order valence-electron chi connectivity index (χ3n) is 7.16. The summed E-state index contributed by atoms with van der Waals surface area (Å²) in [6, 6.07) is 5.39. The van der Waals surface area contributed by atoms with Gasteiger partial charge < -0.3 is 18.2 Å². The molecule has 212 valence electrons. The smallest absolute Gasteiger partial charge is 0.444 e. The molecular weight excluding hydrogens is 527 g/mol. The molecular formula is C25H40F3NO6SSi. The van der Waals surface area contributed by atoms with Gasteiger partial charge in [-0.1, -0.05) is 32.9 Å². The van der Waals surface area contributed by atoms with E-state index in [4.69, 9.17) is 9.16 Å². The van der Waals surface area contributed by atoms with Crippen LogP contribution >= 0.6 is 0 Å². The van der Waals surface area contributed by atoms with E-state index in [1.54, 1.807) is 31.7 Å². The number of piperidine rings is 1. The number of carbonyl (C=O) groups excluding carboxylic acids is 1. The summed E-state index contributed by atoms with van der Waals surface area (Å²) in [5, 5.41) is -0.0506. The van der Waals surface area contributed by atoms with Crippen molar-refractivity contribution in [3.8, 4) is 5.75 Å². The highest BCUT2D eigenvalue weighted by molar-refractivity contribution is 7.88. The van der Waals surface area contributed by atoms with Crippen molar-refractivity contribution in [2.75, 3.05) is 13.2 Å². The zero-order valence-electron chi connectivity index (χ0n) is 23.1. The lowest BCUT2D eigenvalue weighted by atomic mass is 9.76. The van der Waals surface area contributed by atoms with E-state index in [2.05, 4.69) is 38.0 Å². The van der Waals surface area contributed by atoms with Gasteiger partial charge in [0, 0.05) is 25.1 Å². The summed E-state index contributed by atoms with van der Waals surface area (Å²) >= 11 is 0. The first-order valence-electron chi connectivity index (χ1n) is 12.3. The first kappa shape index (κ1) is 31.4. The normalized spacial score (nSPS) is 22.1.